The van der Waals surface area contributed by atoms with Crippen molar-refractivity contribution in [3.05, 3.63) is 29.8 Å². The second-order valence-corrected chi connectivity index (χ2v) is 6.23. The molecule has 3 unspecified atom stereocenters. The van der Waals surface area contributed by atoms with Crippen molar-refractivity contribution in [2.45, 2.75) is 57.8 Å². The molecule has 0 saturated carbocycles. The number of hydrogen-bond donors (Lipinski definition) is 2. The van der Waals surface area contributed by atoms with Gasteiger partial charge in [-0.25, -0.2) is 4.79 Å². The molecule has 0 aliphatic carbocycles. The van der Waals surface area contributed by atoms with Crippen LogP contribution in [0.4, 0.5) is 0 Å². The van der Waals surface area contributed by atoms with Crippen molar-refractivity contribution in [2.24, 2.45) is 0 Å². The monoisotopic (exact) mass is 335 g/mol. The van der Waals surface area contributed by atoms with Crippen molar-refractivity contribution in [2.75, 3.05) is 6.61 Å². The SMILES string of the molecule is CC1CCC(CCC(=O)NC(C)c2ccc(OCC(=O)O)cc2)O1. The molecule has 1 saturated heterocycles. The first-order chi connectivity index (χ1) is 11.4. The summed E-state index contributed by atoms with van der Waals surface area (Å²) in [4.78, 5) is 22.5. The number of ether oxygens (including phenoxy) is 2. The quantitative estimate of drug-likeness (QED) is 0.763. The number of aliphatic carboxylic acids is 1. The van der Waals surface area contributed by atoms with Gasteiger partial charge in [0.05, 0.1) is 18.2 Å². The molecule has 0 aromatic heterocycles. The molecular formula is C18H25NO5. The van der Waals surface area contributed by atoms with E-state index < -0.39 is 5.97 Å². The highest BCUT2D eigenvalue weighted by Gasteiger charge is 2.22. The molecule has 6 nitrogen and oxygen atoms in total. The lowest BCUT2D eigenvalue weighted by molar-refractivity contribution is -0.139. The van der Waals surface area contributed by atoms with Crippen molar-refractivity contribution in [3.63, 3.8) is 0 Å². The molecule has 2 N–H and O–H groups in total. The lowest BCUT2D eigenvalue weighted by Gasteiger charge is -2.16. The van der Waals surface area contributed by atoms with E-state index in [4.69, 9.17) is 14.6 Å². The van der Waals surface area contributed by atoms with Crippen LogP contribution in [-0.2, 0) is 14.3 Å². The number of benzene rings is 1. The van der Waals surface area contributed by atoms with Crippen LogP contribution in [-0.4, -0.2) is 35.8 Å². The minimum Gasteiger partial charge on any atom is -0.482 e. The average Bonchev–Trinajstić information content (AvgIpc) is 2.97. The van der Waals surface area contributed by atoms with Gasteiger partial charge in [0.1, 0.15) is 5.75 Å². The van der Waals surface area contributed by atoms with Crippen LogP contribution < -0.4 is 10.1 Å². The Labute approximate surface area is 142 Å². The Morgan fingerprint density at radius 1 is 1.33 bits per heavy atom. The third-order valence-electron chi connectivity index (χ3n) is 4.13. The van der Waals surface area contributed by atoms with Gasteiger partial charge >= 0.3 is 5.97 Å². The van der Waals surface area contributed by atoms with E-state index >= 15 is 0 Å². The van der Waals surface area contributed by atoms with E-state index in [2.05, 4.69) is 12.2 Å². The zero-order valence-corrected chi connectivity index (χ0v) is 14.2. The Kier molecular flexibility index (Phi) is 6.61. The average molecular weight is 335 g/mol. The zero-order chi connectivity index (χ0) is 17.5. The van der Waals surface area contributed by atoms with Gasteiger partial charge in [-0.05, 0) is 50.8 Å². The highest BCUT2D eigenvalue weighted by molar-refractivity contribution is 5.76. The predicted molar refractivity (Wildman–Crippen MR) is 88.9 cm³/mol. The van der Waals surface area contributed by atoms with E-state index in [0.29, 0.717) is 18.3 Å². The first-order valence-corrected chi connectivity index (χ1v) is 8.33. The number of carboxylic acids is 1. The van der Waals surface area contributed by atoms with Crippen LogP contribution in [0.1, 0.15) is 51.1 Å². The Morgan fingerprint density at radius 2 is 2.04 bits per heavy atom. The largest absolute Gasteiger partial charge is 0.482 e. The van der Waals surface area contributed by atoms with Crippen molar-refractivity contribution in [3.8, 4) is 5.75 Å². The molecule has 1 fully saturated rings. The lowest BCUT2D eigenvalue weighted by Crippen LogP contribution is -2.27. The summed E-state index contributed by atoms with van der Waals surface area (Å²) in [6.45, 7) is 3.61. The van der Waals surface area contributed by atoms with Crippen molar-refractivity contribution in [1.29, 1.82) is 0 Å². The van der Waals surface area contributed by atoms with Gasteiger partial charge in [-0.1, -0.05) is 12.1 Å². The van der Waals surface area contributed by atoms with E-state index in [1.165, 1.54) is 0 Å². The summed E-state index contributed by atoms with van der Waals surface area (Å²) in [7, 11) is 0. The molecular weight excluding hydrogens is 310 g/mol. The highest BCUT2D eigenvalue weighted by atomic mass is 16.5. The van der Waals surface area contributed by atoms with E-state index in [-0.39, 0.29) is 24.7 Å². The lowest BCUT2D eigenvalue weighted by atomic mass is 10.1. The van der Waals surface area contributed by atoms with E-state index in [9.17, 15) is 9.59 Å². The van der Waals surface area contributed by atoms with Gasteiger partial charge in [0.2, 0.25) is 5.91 Å². The van der Waals surface area contributed by atoms with E-state index in [1.54, 1.807) is 12.1 Å². The van der Waals surface area contributed by atoms with Gasteiger partial charge in [-0.2, -0.15) is 0 Å². The second-order valence-electron chi connectivity index (χ2n) is 6.23. The standard InChI is InChI=1S/C18H25NO5/c1-12-3-6-16(24-12)9-10-17(20)19-13(2)14-4-7-15(8-5-14)23-11-18(21)22/h4-5,7-8,12-13,16H,3,6,9-11H2,1-2H3,(H,19,20)(H,21,22). The summed E-state index contributed by atoms with van der Waals surface area (Å²) < 4.78 is 10.8. The van der Waals surface area contributed by atoms with Gasteiger partial charge in [0.15, 0.2) is 6.61 Å². The summed E-state index contributed by atoms with van der Waals surface area (Å²) in [6.07, 6.45) is 3.82. The Bertz CT molecular complexity index is 557. The normalized spacial score (nSPS) is 21.2. The van der Waals surface area contributed by atoms with Crippen LogP contribution in [0.2, 0.25) is 0 Å². The molecule has 0 radical (unpaired) electrons. The number of carbonyl (C=O) groups excluding carboxylic acids is 1. The highest BCUT2D eigenvalue weighted by Crippen LogP contribution is 2.23. The molecule has 24 heavy (non-hydrogen) atoms. The molecule has 1 aromatic carbocycles. The van der Waals surface area contributed by atoms with Crippen LogP contribution in [0.25, 0.3) is 0 Å². The number of carboxylic acid groups (broad SMARTS) is 1. The van der Waals surface area contributed by atoms with E-state index in [0.717, 1.165) is 24.8 Å². The fourth-order valence-corrected chi connectivity index (χ4v) is 2.78. The minimum atomic E-state index is -1.01. The molecule has 1 heterocycles. The van der Waals surface area contributed by atoms with Crippen LogP contribution in [0.5, 0.6) is 5.75 Å². The smallest absolute Gasteiger partial charge is 0.341 e. The number of hydrogen-bond acceptors (Lipinski definition) is 4. The summed E-state index contributed by atoms with van der Waals surface area (Å²) in [5, 5.41) is 11.6. The molecule has 2 rings (SSSR count). The topological polar surface area (TPSA) is 84.9 Å². The van der Waals surface area contributed by atoms with Crippen molar-refractivity contribution in [1.82, 2.24) is 5.32 Å². The molecule has 1 amide bonds. The second kappa shape index (κ2) is 8.68. The maximum Gasteiger partial charge on any atom is 0.341 e. The molecule has 1 aliphatic heterocycles. The maximum absolute atomic E-state index is 12.1. The molecule has 132 valence electrons. The van der Waals surface area contributed by atoms with Gasteiger partial charge < -0.3 is 19.9 Å². The molecule has 0 bridgehead atoms. The Hall–Kier alpha value is -2.08. The van der Waals surface area contributed by atoms with E-state index in [1.807, 2.05) is 19.1 Å². The summed E-state index contributed by atoms with van der Waals surface area (Å²) in [5.74, 6) is -0.510. The van der Waals surface area contributed by atoms with Gasteiger partial charge in [-0.15, -0.1) is 0 Å². The number of amides is 1. The summed E-state index contributed by atoms with van der Waals surface area (Å²) in [6, 6.07) is 6.94. The molecule has 1 aliphatic rings. The van der Waals surface area contributed by atoms with Gasteiger partial charge in [0, 0.05) is 6.42 Å². The Balaban J connectivity index is 1.75. The summed E-state index contributed by atoms with van der Waals surface area (Å²) >= 11 is 0. The van der Waals surface area contributed by atoms with Gasteiger partial charge in [-0.3, -0.25) is 4.79 Å². The number of nitrogens with one attached hydrogen (secondary N) is 1. The molecule has 0 spiro atoms. The molecule has 3 atom stereocenters. The maximum atomic E-state index is 12.1. The van der Waals surface area contributed by atoms with Gasteiger partial charge in [0.25, 0.3) is 0 Å². The Morgan fingerprint density at radius 3 is 2.62 bits per heavy atom. The van der Waals surface area contributed by atoms with Crippen LogP contribution in [0.3, 0.4) is 0 Å². The number of carbonyl (C=O) groups is 2. The van der Waals surface area contributed by atoms with Crippen molar-refractivity contribution < 1.29 is 24.2 Å². The first kappa shape index (κ1) is 18.3. The molecule has 6 heteroatoms. The van der Waals surface area contributed by atoms with Crippen molar-refractivity contribution >= 4 is 11.9 Å². The minimum absolute atomic E-state index is 0.0110. The fourth-order valence-electron chi connectivity index (χ4n) is 2.78. The van der Waals surface area contributed by atoms with Crippen LogP contribution in [0, 0.1) is 0 Å². The first-order valence-electron chi connectivity index (χ1n) is 8.33. The zero-order valence-electron chi connectivity index (χ0n) is 14.2. The fraction of sp³-hybridized carbons (Fsp3) is 0.556. The third-order valence-corrected chi connectivity index (χ3v) is 4.13. The third kappa shape index (κ3) is 5.85. The van der Waals surface area contributed by atoms with Crippen LogP contribution in [0.15, 0.2) is 24.3 Å². The summed E-state index contributed by atoms with van der Waals surface area (Å²) in [5.41, 5.74) is 0.941. The molecule has 1 aromatic rings. The number of rotatable bonds is 8. The predicted octanol–water partition coefficient (Wildman–Crippen LogP) is 2.67. The van der Waals surface area contributed by atoms with Crippen LogP contribution >= 0.6 is 0 Å².